The number of Topliss-reactive ketones (excluding diaryl/α,β-unsaturated/α-hetero) is 1. The molecule has 1 fully saturated rings. The molecule has 1 aromatic rings. The van der Waals surface area contributed by atoms with Gasteiger partial charge in [0, 0.05) is 23.6 Å². The Hall–Kier alpha value is -0.870. The highest BCUT2D eigenvalue weighted by molar-refractivity contribution is 7.99. The summed E-state index contributed by atoms with van der Waals surface area (Å²) in [5.41, 5.74) is 1.34. The minimum atomic E-state index is -0.292. The molecule has 86 valence electrons. The van der Waals surface area contributed by atoms with Crippen molar-refractivity contribution in [1.29, 1.82) is 0 Å². The van der Waals surface area contributed by atoms with Gasteiger partial charge in [0.1, 0.15) is 5.82 Å². The van der Waals surface area contributed by atoms with Crippen LogP contribution in [0.2, 0.25) is 0 Å². The highest BCUT2D eigenvalue weighted by Crippen LogP contribution is 2.16. The third-order valence-corrected chi connectivity index (χ3v) is 3.75. The molecule has 0 bridgehead atoms. The van der Waals surface area contributed by atoms with Gasteiger partial charge in [-0.05, 0) is 30.7 Å². The first-order chi connectivity index (χ1) is 7.68. The number of thioether (sulfide) groups is 1. The summed E-state index contributed by atoms with van der Waals surface area (Å²) in [4.78, 5) is 12.1. The van der Waals surface area contributed by atoms with Crippen LogP contribution in [0.1, 0.15) is 15.9 Å². The molecule has 1 aromatic carbocycles. The zero-order chi connectivity index (χ0) is 11.5. The number of aryl methyl sites for hydroxylation is 1. The van der Waals surface area contributed by atoms with Gasteiger partial charge in [0.05, 0.1) is 6.04 Å². The van der Waals surface area contributed by atoms with Crippen LogP contribution in [-0.2, 0) is 0 Å². The van der Waals surface area contributed by atoms with E-state index in [1.165, 1.54) is 12.1 Å². The molecule has 16 heavy (non-hydrogen) atoms. The van der Waals surface area contributed by atoms with Crippen LogP contribution in [0.4, 0.5) is 4.39 Å². The van der Waals surface area contributed by atoms with Crippen molar-refractivity contribution in [2.45, 2.75) is 13.0 Å². The Labute approximate surface area is 98.6 Å². The zero-order valence-electron chi connectivity index (χ0n) is 9.13. The molecule has 1 aliphatic heterocycles. The van der Waals surface area contributed by atoms with Gasteiger partial charge in [-0.3, -0.25) is 4.79 Å². The molecular weight excluding hydrogens is 225 g/mol. The molecule has 1 unspecified atom stereocenters. The topological polar surface area (TPSA) is 29.1 Å². The number of nitrogens with one attached hydrogen (secondary N) is 1. The first-order valence-electron chi connectivity index (χ1n) is 5.30. The average Bonchev–Trinajstić information content (AvgIpc) is 2.29. The average molecular weight is 239 g/mol. The molecule has 0 spiro atoms. The number of hydrogen-bond donors (Lipinski definition) is 1. The van der Waals surface area contributed by atoms with Crippen LogP contribution in [0.5, 0.6) is 0 Å². The second-order valence-corrected chi connectivity index (χ2v) is 5.05. The van der Waals surface area contributed by atoms with E-state index in [-0.39, 0.29) is 17.6 Å². The van der Waals surface area contributed by atoms with Gasteiger partial charge in [0.2, 0.25) is 0 Å². The summed E-state index contributed by atoms with van der Waals surface area (Å²) in [6.07, 6.45) is 0. The second-order valence-electron chi connectivity index (χ2n) is 3.91. The van der Waals surface area contributed by atoms with Crippen molar-refractivity contribution < 1.29 is 9.18 Å². The Kier molecular flexibility index (Phi) is 3.61. The number of carbonyl (C=O) groups excluding carboxylic acids is 1. The minimum absolute atomic E-state index is 0.0738. The number of ketones is 1. The van der Waals surface area contributed by atoms with Crippen molar-refractivity contribution in [3.05, 3.63) is 35.1 Å². The van der Waals surface area contributed by atoms with E-state index in [0.717, 1.165) is 18.1 Å². The first-order valence-corrected chi connectivity index (χ1v) is 6.45. The predicted molar refractivity (Wildman–Crippen MR) is 64.6 cm³/mol. The van der Waals surface area contributed by atoms with E-state index in [1.54, 1.807) is 24.8 Å². The lowest BCUT2D eigenvalue weighted by Gasteiger charge is -2.22. The molecule has 0 aromatic heterocycles. The van der Waals surface area contributed by atoms with Crippen molar-refractivity contribution in [3.8, 4) is 0 Å². The molecule has 2 nitrogen and oxygen atoms in total. The summed E-state index contributed by atoms with van der Waals surface area (Å²) in [5, 5.41) is 3.20. The largest absolute Gasteiger partial charge is 0.306 e. The molecule has 0 aliphatic carbocycles. The lowest BCUT2D eigenvalue weighted by atomic mass is 10.00. The molecule has 1 aliphatic rings. The van der Waals surface area contributed by atoms with Crippen LogP contribution >= 0.6 is 11.8 Å². The van der Waals surface area contributed by atoms with Crippen LogP contribution in [0, 0.1) is 12.7 Å². The van der Waals surface area contributed by atoms with Crippen molar-refractivity contribution >= 4 is 17.5 Å². The van der Waals surface area contributed by atoms with Crippen LogP contribution in [0.15, 0.2) is 18.2 Å². The van der Waals surface area contributed by atoms with E-state index >= 15 is 0 Å². The van der Waals surface area contributed by atoms with Gasteiger partial charge < -0.3 is 5.32 Å². The summed E-state index contributed by atoms with van der Waals surface area (Å²) in [6.45, 7) is 2.63. The van der Waals surface area contributed by atoms with Gasteiger partial charge in [0.25, 0.3) is 0 Å². The molecule has 4 heteroatoms. The van der Waals surface area contributed by atoms with Crippen molar-refractivity contribution in [2.24, 2.45) is 0 Å². The maximum Gasteiger partial charge on any atom is 0.180 e. The van der Waals surface area contributed by atoms with Gasteiger partial charge in [-0.15, -0.1) is 0 Å². The highest BCUT2D eigenvalue weighted by Gasteiger charge is 2.23. The van der Waals surface area contributed by atoms with Gasteiger partial charge in [-0.1, -0.05) is 0 Å². The van der Waals surface area contributed by atoms with E-state index in [2.05, 4.69) is 5.32 Å². The second kappa shape index (κ2) is 4.97. The molecule has 1 N–H and O–H groups in total. The summed E-state index contributed by atoms with van der Waals surface area (Å²) >= 11 is 1.78. The molecule has 2 rings (SSSR count). The first kappa shape index (κ1) is 11.6. The number of rotatable bonds is 2. The SMILES string of the molecule is Cc1cc(F)ccc1C(=O)C1CSCCN1. The standard InChI is InChI=1S/C12H14FNOS/c1-8-6-9(13)2-3-10(8)12(15)11-7-16-5-4-14-11/h2-3,6,11,14H,4-5,7H2,1H3. The van der Waals surface area contributed by atoms with Gasteiger partial charge in [-0.25, -0.2) is 4.39 Å². The van der Waals surface area contributed by atoms with Crippen LogP contribution in [0.25, 0.3) is 0 Å². The van der Waals surface area contributed by atoms with E-state index in [1.807, 2.05) is 0 Å². The van der Waals surface area contributed by atoms with Crippen molar-refractivity contribution in [1.82, 2.24) is 5.32 Å². The quantitative estimate of drug-likeness (QED) is 0.801. The molecule has 1 heterocycles. The lowest BCUT2D eigenvalue weighted by Crippen LogP contribution is -2.43. The fraction of sp³-hybridized carbons (Fsp3) is 0.417. The lowest BCUT2D eigenvalue weighted by molar-refractivity contribution is 0.0952. The zero-order valence-corrected chi connectivity index (χ0v) is 9.94. The van der Waals surface area contributed by atoms with E-state index in [0.29, 0.717) is 11.1 Å². The van der Waals surface area contributed by atoms with Gasteiger partial charge in [0.15, 0.2) is 5.78 Å². The maximum atomic E-state index is 12.9. The summed E-state index contributed by atoms with van der Waals surface area (Å²) in [7, 11) is 0. The number of benzene rings is 1. The molecule has 1 atom stereocenters. The Balaban J connectivity index is 2.19. The Morgan fingerprint density at radius 2 is 2.38 bits per heavy atom. The van der Waals surface area contributed by atoms with E-state index in [9.17, 15) is 9.18 Å². The Morgan fingerprint density at radius 3 is 3.00 bits per heavy atom. The highest BCUT2D eigenvalue weighted by atomic mass is 32.2. The minimum Gasteiger partial charge on any atom is -0.306 e. The third-order valence-electron chi connectivity index (χ3n) is 2.69. The number of carbonyl (C=O) groups is 1. The van der Waals surface area contributed by atoms with E-state index < -0.39 is 0 Å². The fourth-order valence-electron chi connectivity index (χ4n) is 1.83. The van der Waals surface area contributed by atoms with Crippen LogP contribution < -0.4 is 5.32 Å². The van der Waals surface area contributed by atoms with Gasteiger partial charge >= 0.3 is 0 Å². The van der Waals surface area contributed by atoms with Crippen molar-refractivity contribution in [3.63, 3.8) is 0 Å². The normalized spacial score (nSPS) is 20.8. The molecule has 1 saturated heterocycles. The fourth-order valence-corrected chi connectivity index (χ4v) is 2.76. The Bertz CT molecular complexity index is 402. The van der Waals surface area contributed by atoms with Crippen LogP contribution in [0.3, 0.4) is 0 Å². The molecular formula is C12H14FNOS. The smallest absolute Gasteiger partial charge is 0.180 e. The van der Waals surface area contributed by atoms with Crippen molar-refractivity contribution in [2.75, 3.05) is 18.1 Å². The predicted octanol–water partition coefficient (Wildman–Crippen LogP) is 2.02. The molecule has 0 amide bonds. The maximum absolute atomic E-state index is 12.9. The summed E-state index contributed by atoms with van der Waals surface area (Å²) in [5.74, 6) is 1.63. The van der Waals surface area contributed by atoms with Crippen LogP contribution in [-0.4, -0.2) is 29.9 Å². The summed E-state index contributed by atoms with van der Waals surface area (Å²) in [6, 6.07) is 4.20. The molecule has 0 radical (unpaired) electrons. The summed E-state index contributed by atoms with van der Waals surface area (Å²) < 4.78 is 12.9. The Morgan fingerprint density at radius 1 is 1.56 bits per heavy atom. The molecule has 0 saturated carbocycles. The third kappa shape index (κ3) is 2.44. The number of halogens is 1. The van der Waals surface area contributed by atoms with Gasteiger partial charge in [-0.2, -0.15) is 11.8 Å². The van der Waals surface area contributed by atoms with E-state index in [4.69, 9.17) is 0 Å². The number of hydrogen-bond acceptors (Lipinski definition) is 3. The monoisotopic (exact) mass is 239 g/mol.